The Morgan fingerprint density at radius 3 is 2.32 bits per heavy atom. The fraction of sp³-hybridized carbons (Fsp3) is 0.844. The van der Waals surface area contributed by atoms with Gasteiger partial charge >= 0.3 is 5.97 Å². The molecule has 0 spiro atoms. The average Bonchev–Trinajstić information content (AvgIpc) is 2.75. The lowest BCUT2D eigenvalue weighted by atomic mass is 9.33. The third-order valence-electron chi connectivity index (χ3n) is 12.9. The second-order valence-corrected chi connectivity index (χ2v) is 14.5. The summed E-state index contributed by atoms with van der Waals surface area (Å²) < 4.78 is 5.91. The lowest BCUT2D eigenvalue weighted by molar-refractivity contribution is -0.238. The third-order valence-corrected chi connectivity index (χ3v) is 12.9. The molecule has 0 heterocycles. The maximum absolute atomic E-state index is 11.9. The van der Waals surface area contributed by atoms with Crippen molar-refractivity contribution in [3.63, 3.8) is 0 Å². The first kappa shape index (κ1) is 24.6. The van der Waals surface area contributed by atoms with Crippen LogP contribution in [0.2, 0.25) is 0 Å². The summed E-state index contributed by atoms with van der Waals surface area (Å²) in [5, 5.41) is 0. The van der Waals surface area contributed by atoms with Crippen molar-refractivity contribution >= 4 is 5.97 Å². The molecule has 0 unspecified atom stereocenters. The molecule has 2 heteroatoms. The number of allylic oxidation sites excluding steroid dienone is 3. The zero-order valence-electron chi connectivity index (χ0n) is 23.1. The fourth-order valence-corrected chi connectivity index (χ4v) is 11.2. The van der Waals surface area contributed by atoms with Crippen LogP contribution in [0.5, 0.6) is 0 Å². The van der Waals surface area contributed by atoms with Crippen LogP contribution in [-0.4, -0.2) is 12.1 Å². The van der Waals surface area contributed by atoms with Crippen LogP contribution in [0, 0.1) is 51.2 Å². The van der Waals surface area contributed by atoms with Crippen LogP contribution < -0.4 is 0 Å². The van der Waals surface area contributed by atoms with E-state index < -0.39 is 0 Å². The fourth-order valence-electron chi connectivity index (χ4n) is 11.2. The summed E-state index contributed by atoms with van der Waals surface area (Å²) in [5.41, 5.74) is 4.41. The van der Waals surface area contributed by atoms with Gasteiger partial charge in [-0.15, -0.1) is 0 Å². The summed E-state index contributed by atoms with van der Waals surface area (Å²) in [7, 11) is 0. The molecule has 9 atom stereocenters. The van der Waals surface area contributed by atoms with Crippen LogP contribution in [0.15, 0.2) is 23.8 Å². The summed E-state index contributed by atoms with van der Waals surface area (Å²) in [4.78, 5) is 11.9. The van der Waals surface area contributed by atoms with Gasteiger partial charge in [-0.2, -0.15) is 0 Å². The quantitative estimate of drug-likeness (QED) is 0.301. The Kier molecular flexibility index (Phi) is 5.78. The van der Waals surface area contributed by atoms with Crippen LogP contribution in [-0.2, 0) is 9.53 Å². The molecule has 0 bridgehead atoms. The third kappa shape index (κ3) is 3.21. The standard InChI is InChI=1S/C32H50O2/c1-20(2)23-11-9-10-22-14-18-31(7)24(28(22)23)12-13-26-30(6)17-16-27(34-21(3)33)29(4,5)25(30)15-19-32(26,31)8/h10,23-28H,1,9,11-19H2,2-8H3/t23-,24+,25+,26-,27-,28-,30-,31+,32+/m0/s1. The van der Waals surface area contributed by atoms with E-state index in [9.17, 15) is 4.79 Å². The highest BCUT2D eigenvalue weighted by Gasteiger charge is 2.68. The predicted octanol–water partition coefficient (Wildman–Crippen LogP) is 8.52. The minimum Gasteiger partial charge on any atom is -0.462 e. The van der Waals surface area contributed by atoms with Gasteiger partial charge in [0.25, 0.3) is 0 Å². The van der Waals surface area contributed by atoms with E-state index >= 15 is 0 Å². The number of carbonyl (C=O) groups is 1. The minimum absolute atomic E-state index is 0.0502. The van der Waals surface area contributed by atoms with Gasteiger partial charge in [0, 0.05) is 12.3 Å². The molecule has 0 aromatic carbocycles. The molecule has 2 nitrogen and oxygen atoms in total. The Labute approximate surface area is 209 Å². The van der Waals surface area contributed by atoms with Gasteiger partial charge in [-0.3, -0.25) is 4.79 Å². The Bertz CT molecular complexity index is 897. The van der Waals surface area contributed by atoms with E-state index in [-0.39, 0.29) is 17.5 Å². The Hall–Kier alpha value is -1.05. The second-order valence-electron chi connectivity index (χ2n) is 14.5. The molecule has 0 aromatic heterocycles. The Morgan fingerprint density at radius 2 is 1.65 bits per heavy atom. The lowest BCUT2D eigenvalue weighted by Crippen LogP contribution is -2.66. The SMILES string of the molecule is C=C(C)[C@@H]1CCC=C2CC[C@]3(C)[C@H](CC[C@H]4[C@@]5(C)CC[C@H](OC(C)=O)C(C)(C)[C@H]5CC[C@]43C)[C@@H]21. The van der Waals surface area contributed by atoms with E-state index in [4.69, 9.17) is 4.74 Å². The summed E-state index contributed by atoms with van der Waals surface area (Å²) >= 11 is 0. The van der Waals surface area contributed by atoms with Gasteiger partial charge < -0.3 is 4.74 Å². The van der Waals surface area contributed by atoms with E-state index in [0.29, 0.717) is 28.1 Å². The predicted molar refractivity (Wildman–Crippen MR) is 140 cm³/mol. The highest BCUT2D eigenvalue weighted by Crippen LogP contribution is 2.75. The first-order valence-electron chi connectivity index (χ1n) is 14.4. The number of carbonyl (C=O) groups excluding carboxylic acids is 1. The lowest BCUT2D eigenvalue weighted by Gasteiger charge is -2.72. The van der Waals surface area contributed by atoms with Crippen molar-refractivity contribution < 1.29 is 9.53 Å². The monoisotopic (exact) mass is 466 g/mol. The molecule has 4 saturated carbocycles. The van der Waals surface area contributed by atoms with Crippen molar-refractivity contribution in [2.24, 2.45) is 51.2 Å². The van der Waals surface area contributed by atoms with Crippen molar-refractivity contribution in [3.05, 3.63) is 23.8 Å². The number of esters is 1. The number of rotatable bonds is 2. The topological polar surface area (TPSA) is 26.3 Å². The normalized spacial score (nSPS) is 49.4. The first-order chi connectivity index (χ1) is 15.9. The summed E-state index contributed by atoms with van der Waals surface area (Å²) in [6.07, 6.45) is 15.6. The average molecular weight is 467 g/mol. The van der Waals surface area contributed by atoms with Crippen molar-refractivity contribution in [3.8, 4) is 0 Å². The molecule has 0 N–H and O–H groups in total. The highest BCUT2D eigenvalue weighted by atomic mass is 16.5. The number of fused-ring (bicyclic) bond motifs is 7. The highest BCUT2D eigenvalue weighted by molar-refractivity contribution is 5.66. The van der Waals surface area contributed by atoms with Gasteiger partial charge in [0.2, 0.25) is 0 Å². The molecule has 0 radical (unpaired) electrons. The number of hydrogen-bond donors (Lipinski definition) is 0. The van der Waals surface area contributed by atoms with E-state index in [1.165, 1.54) is 63.4 Å². The van der Waals surface area contributed by atoms with Crippen molar-refractivity contribution in [2.75, 3.05) is 0 Å². The molecule has 34 heavy (non-hydrogen) atoms. The zero-order chi connectivity index (χ0) is 24.7. The van der Waals surface area contributed by atoms with Crippen LogP contribution in [0.3, 0.4) is 0 Å². The van der Waals surface area contributed by atoms with Crippen LogP contribution in [0.25, 0.3) is 0 Å². The number of hydrogen-bond acceptors (Lipinski definition) is 2. The van der Waals surface area contributed by atoms with E-state index in [1.54, 1.807) is 12.5 Å². The molecule has 5 aliphatic rings. The molecule has 0 amide bonds. The van der Waals surface area contributed by atoms with Crippen LogP contribution >= 0.6 is 0 Å². The number of ether oxygens (including phenoxy) is 1. The van der Waals surface area contributed by atoms with Gasteiger partial charge in [-0.25, -0.2) is 0 Å². The molecular formula is C32H50O2. The van der Waals surface area contributed by atoms with E-state index in [0.717, 1.165) is 24.2 Å². The molecule has 0 aromatic rings. The molecule has 0 saturated heterocycles. The van der Waals surface area contributed by atoms with E-state index in [1.807, 2.05) is 0 Å². The minimum atomic E-state index is -0.110. The maximum Gasteiger partial charge on any atom is 0.302 e. The van der Waals surface area contributed by atoms with Crippen molar-refractivity contribution in [1.29, 1.82) is 0 Å². The molecule has 0 aliphatic heterocycles. The molecule has 5 aliphatic carbocycles. The van der Waals surface area contributed by atoms with Gasteiger partial charge in [0.15, 0.2) is 0 Å². The van der Waals surface area contributed by atoms with Crippen LogP contribution in [0.4, 0.5) is 0 Å². The molecule has 4 fully saturated rings. The van der Waals surface area contributed by atoms with Gasteiger partial charge in [0.1, 0.15) is 6.10 Å². The smallest absolute Gasteiger partial charge is 0.302 e. The van der Waals surface area contributed by atoms with Crippen molar-refractivity contribution in [1.82, 2.24) is 0 Å². The maximum atomic E-state index is 11.9. The largest absolute Gasteiger partial charge is 0.462 e. The molecule has 5 rings (SSSR count). The Balaban J connectivity index is 1.50. The van der Waals surface area contributed by atoms with E-state index in [2.05, 4.69) is 54.2 Å². The molecular weight excluding hydrogens is 416 g/mol. The second kappa shape index (κ2) is 7.97. The summed E-state index contributed by atoms with van der Waals surface area (Å²) in [5.74, 6) is 3.53. The summed E-state index contributed by atoms with van der Waals surface area (Å²) in [6.45, 7) is 21.2. The molecule has 190 valence electrons. The van der Waals surface area contributed by atoms with Crippen LogP contribution in [0.1, 0.15) is 113 Å². The summed E-state index contributed by atoms with van der Waals surface area (Å²) in [6, 6.07) is 0. The van der Waals surface area contributed by atoms with Crippen molar-refractivity contribution in [2.45, 2.75) is 119 Å². The van der Waals surface area contributed by atoms with Gasteiger partial charge in [0.05, 0.1) is 0 Å². The Morgan fingerprint density at radius 1 is 0.912 bits per heavy atom. The zero-order valence-corrected chi connectivity index (χ0v) is 23.1. The van der Waals surface area contributed by atoms with Gasteiger partial charge in [-0.1, -0.05) is 58.4 Å². The first-order valence-corrected chi connectivity index (χ1v) is 14.4. The van der Waals surface area contributed by atoms with Gasteiger partial charge in [-0.05, 0) is 117 Å².